The minimum atomic E-state index is -4.41. The summed E-state index contributed by atoms with van der Waals surface area (Å²) in [5, 5.41) is 5.34. The first-order valence-electron chi connectivity index (χ1n) is 7.41. The second-order valence-electron chi connectivity index (χ2n) is 4.96. The van der Waals surface area contributed by atoms with E-state index in [1.165, 1.54) is 12.1 Å². The number of benzene rings is 2. The van der Waals surface area contributed by atoms with Crippen LogP contribution in [0.3, 0.4) is 0 Å². The summed E-state index contributed by atoms with van der Waals surface area (Å²) < 4.78 is 42.7. The molecule has 0 aliphatic heterocycles. The first-order valence-corrected chi connectivity index (χ1v) is 7.79. The molecule has 0 saturated heterocycles. The number of halogens is 4. The average Bonchev–Trinajstić information content (AvgIpc) is 2.59. The molecule has 0 aliphatic rings. The maximum absolute atomic E-state index is 12.4. The van der Waals surface area contributed by atoms with E-state index in [1.54, 1.807) is 24.3 Å². The number of hydrogen-bond acceptors (Lipinski definition) is 2. The molecule has 2 aromatic carbocycles. The van der Waals surface area contributed by atoms with Gasteiger partial charge in [0.2, 0.25) is 0 Å². The summed E-state index contributed by atoms with van der Waals surface area (Å²) in [6.45, 7) is 0.157. The van der Waals surface area contributed by atoms with Crippen LogP contribution in [0.15, 0.2) is 48.5 Å². The van der Waals surface area contributed by atoms with Crippen LogP contribution in [0.4, 0.5) is 23.7 Å². The molecule has 0 spiro atoms. The van der Waals surface area contributed by atoms with Crippen molar-refractivity contribution in [3.63, 3.8) is 0 Å². The van der Waals surface area contributed by atoms with E-state index in [2.05, 4.69) is 22.5 Å². The molecule has 26 heavy (non-hydrogen) atoms. The van der Waals surface area contributed by atoms with Gasteiger partial charge >= 0.3 is 12.2 Å². The SMILES string of the molecule is O=C(NCC#CCOc1ccccc1Cl)Nc1ccc(C(F)(F)F)cc1. The van der Waals surface area contributed by atoms with Gasteiger partial charge in [-0.2, -0.15) is 13.2 Å². The van der Waals surface area contributed by atoms with Gasteiger partial charge in [0.05, 0.1) is 17.1 Å². The van der Waals surface area contributed by atoms with Crippen LogP contribution in [-0.2, 0) is 6.18 Å². The van der Waals surface area contributed by atoms with Crippen molar-refractivity contribution in [2.24, 2.45) is 0 Å². The van der Waals surface area contributed by atoms with E-state index in [9.17, 15) is 18.0 Å². The van der Waals surface area contributed by atoms with Gasteiger partial charge in [-0.3, -0.25) is 0 Å². The Balaban J connectivity index is 1.72. The van der Waals surface area contributed by atoms with E-state index in [4.69, 9.17) is 16.3 Å². The third-order valence-electron chi connectivity index (χ3n) is 3.07. The molecule has 0 aromatic heterocycles. The molecule has 0 unspecified atom stereocenters. The molecule has 2 N–H and O–H groups in total. The first-order chi connectivity index (χ1) is 12.4. The van der Waals surface area contributed by atoms with Crippen molar-refractivity contribution in [3.05, 3.63) is 59.1 Å². The van der Waals surface area contributed by atoms with Crippen LogP contribution >= 0.6 is 11.6 Å². The van der Waals surface area contributed by atoms with Gasteiger partial charge in [0.1, 0.15) is 12.4 Å². The quantitative estimate of drug-likeness (QED) is 0.761. The van der Waals surface area contributed by atoms with Crippen LogP contribution in [0.5, 0.6) is 5.75 Å². The molecular formula is C18H14ClF3N2O2. The highest BCUT2D eigenvalue weighted by Gasteiger charge is 2.29. The average molecular weight is 383 g/mol. The number of rotatable bonds is 4. The molecule has 4 nitrogen and oxygen atoms in total. The third kappa shape index (κ3) is 6.22. The zero-order valence-electron chi connectivity index (χ0n) is 13.4. The number of carbonyl (C=O) groups excluding carboxylic acids is 1. The summed E-state index contributed by atoms with van der Waals surface area (Å²) in [6.07, 6.45) is -4.41. The Bertz CT molecular complexity index is 812. The zero-order chi connectivity index (χ0) is 19.0. The molecule has 8 heteroatoms. The number of anilines is 1. The van der Waals surface area contributed by atoms with Crippen molar-refractivity contribution in [3.8, 4) is 17.6 Å². The lowest BCUT2D eigenvalue weighted by Crippen LogP contribution is -2.29. The molecule has 0 radical (unpaired) electrons. The van der Waals surface area contributed by atoms with Crippen molar-refractivity contribution < 1.29 is 22.7 Å². The van der Waals surface area contributed by atoms with Gasteiger partial charge in [-0.25, -0.2) is 4.79 Å². The second kappa shape index (κ2) is 9.02. The van der Waals surface area contributed by atoms with Gasteiger partial charge in [-0.05, 0) is 36.4 Å². The van der Waals surface area contributed by atoms with Gasteiger partial charge < -0.3 is 15.4 Å². The van der Waals surface area contributed by atoms with Crippen LogP contribution in [0.1, 0.15) is 5.56 Å². The Morgan fingerprint density at radius 1 is 1.08 bits per heavy atom. The predicted molar refractivity (Wildman–Crippen MR) is 93.2 cm³/mol. The summed E-state index contributed by atoms with van der Waals surface area (Å²) >= 11 is 5.92. The summed E-state index contributed by atoms with van der Waals surface area (Å²) in [6, 6.07) is 10.5. The number of alkyl halides is 3. The molecule has 0 aliphatic carbocycles. The predicted octanol–water partition coefficient (Wildman–Crippen LogP) is 4.56. The number of urea groups is 1. The number of hydrogen-bond donors (Lipinski definition) is 2. The largest absolute Gasteiger partial charge is 0.479 e. The maximum atomic E-state index is 12.4. The lowest BCUT2D eigenvalue weighted by molar-refractivity contribution is -0.137. The van der Waals surface area contributed by atoms with E-state index in [-0.39, 0.29) is 18.8 Å². The molecule has 2 amide bonds. The Morgan fingerprint density at radius 3 is 2.42 bits per heavy atom. The summed E-state index contributed by atoms with van der Waals surface area (Å²) in [7, 11) is 0. The van der Waals surface area contributed by atoms with Crippen molar-refractivity contribution in [2.75, 3.05) is 18.5 Å². The monoisotopic (exact) mass is 382 g/mol. The number of para-hydroxylation sites is 1. The minimum absolute atomic E-state index is 0.0539. The van der Waals surface area contributed by atoms with E-state index < -0.39 is 17.8 Å². The van der Waals surface area contributed by atoms with Crippen molar-refractivity contribution in [1.29, 1.82) is 0 Å². The van der Waals surface area contributed by atoms with Crippen LogP contribution in [0.2, 0.25) is 5.02 Å². The van der Waals surface area contributed by atoms with E-state index in [0.717, 1.165) is 12.1 Å². The molecular weight excluding hydrogens is 369 g/mol. The fraction of sp³-hybridized carbons (Fsp3) is 0.167. The smallest absolute Gasteiger partial charge is 0.416 e. The molecule has 2 rings (SSSR count). The lowest BCUT2D eigenvalue weighted by atomic mass is 10.2. The molecule has 0 atom stereocenters. The van der Waals surface area contributed by atoms with Crippen molar-refractivity contribution >= 4 is 23.3 Å². The zero-order valence-corrected chi connectivity index (χ0v) is 14.1. The van der Waals surface area contributed by atoms with Gasteiger partial charge in [0.25, 0.3) is 0 Å². The highest BCUT2D eigenvalue weighted by Crippen LogP contribution is 2.29. The van der Waals surface area contributed by atoms with E-state index >= 15 is 0 Å². The van der Waals surface area contributed by atoms with Crippen LogP contribution in [0.25, 0.3) is 0 Å². The van der Waals surface area contributed by atoms with Crippen LogP contribution in [-0.4, -0.2) is 19.2 Å². The van der Waals surface area contributed by atoms with Crippen molar-refractivity contribution in [1.82, 2.24) is 5.32 Å². The highest BCUT2D eigenvalue weighted by atomic mass is 35.5. The topological polar surface area (TPSA) is 50.4 Å². The Hall–Kier alpha value is -2.85. The maximum Gasteiger partial charge on any atom is 0.416 e. The van der Waals surface area contributed by atoms with Crippen LogP contribution in [0, 0.1) is 11.8 Å². The minimum Gasteiger partial charge on any atom is -0.479 e. The number of ether oxygens (including phenoxy) is 1. The normalized spacial score (nSPS) is 10.5. The van der Waals surface area contributed by atoms with E-state index in [0.29, 0.717) is 10.8 Å². The molecule has 136 valence electrons. The van der Waals surface area contributed by atoms with Gasteiger partial charge in [0.15, 0.2) is 0 Å². The highest BCUT2D eigenvalue weighted by molar-refractivity contribution is 6.32. The number of carbonyl (C=O) groups is 1. The fourth-order valence-electron chi connectivity index (χ4n) is 1.83. The Morgan fingerprint density at radius 2 is 1.77 bits per heavy atom. The summed E-state index contributed by atoms with van der Waals surface area (Å²) in [4.78, 5) is 11.6. The van der Waals surface area contributed by atoms with Gasteiger partial charge in [0, 0.05) is 5.69 Å². The summed E-state index contributed by atoms with van der Waals surface area (Å²) in [5.74, 6) is 5.90. The van der Waals surface area contributed by atoms with Crippen molar-refractivity contribution in [2.45, 2.75) is 6.18 Å². The Labute approximate surface area is 153 Å². The molecule has 0 fully saturated rings. The Kier molecular flexibility index (Phi) is 6.75. The summed E-state index contributed by atoms with van der Waals surface area (Å²) in [5.41, 5.74) is -0.543. The third-order valence-corrected chi connectivity index (χ3v) is 3.38. The standard InChI is InChI=1S/C18H14ClF3N2O2/c19-15-5-1-2-6-16(15)26-12-4-3-11-23-17(25)24-14-9-7-13(8-10-14)18(20,21)22/h1-2,5-10H,11-12H2,(H2,23,24,25). The molecule has 0 saturated carbocycles. The van der Waals surface area contributed by atoms with E-state index in [1.807, 2.05) is 0 Å². The van der Waals surface area contributed by atoms with Crippen LogP contribution < -0.4 is 15.4 Å². The molecule has 0 bridgehead atoms. The molecule has 2 aromatic rings. The lowest BCUT2D eigenvalue weighted by Gasteiger charge is -2.08. The van der Waals surface area contributed by atoms with Gasteiger partial charge in [-0.15, -0.1) is 0 Å². The number of nitrogens with one attached hydrogen (secondary N) is 2. The van der Waals surface area contributed by atoms with Gasteiger partial charge in [-0.1, -0.05) is 35.6 Å². The first kappa shape index (κ1) is 19.5. The second-order valence-corrected chi connectivity index (χ2v) is 5.36. The molecule has 0 heterocycles. The number of amides is 2. The fourth-order valence-corrected chi connectivity index (χ4v) is 2.02.